The van der Waals surface area contributed by atoms with Crippen LogP contribution in [0.3, 0.4) is 0 Å². The quantitative estimate of drug-likeness (QED) is 0.643. The summed E-state index contributed by atoms with van der Waals surface area (Å²) in [6.07, 6.45) is 3.04. The first-order valence-electron chi connectivity index (χ1n) is 4.32. The summed E-state index contributed by atoms with van der Waals surface area (Å²) in [4.78, 5) is 3.93. The van der Waals surface area contributed by atoms with E-state index in [1.807, 2.05) is 0 Å². The van der Waals surface area contributed by atoms with Crippen LogP contribution >= 0.6 is 11.8 Å². The van der Waals surface area contributed by atoms with Crippen LogP contribution in [0.4, 0.5) is 10.1 Å². The van der Waals surface area contributed by atoms with Gasteiger partial charge in [-0.15, -0.1) is 0 Å². The van der Waals surface area contributed by atoms with Crippen molar-refractivity contribution in [2.45, 2.75) is 11.0 Å². The van der Waals surface area contributed by atoms with Gasteiger partial charge in [0.1, 0.15) is 12.1 Å². The topological polar surface area (TPSA) is 52.0 Å². The van der Waals surface area contributed by atoms with Crippen LogP contribution in [0.2, 0.25) is 0 Å². The highest BCUT2D eigenvalue weighted by Crippen LogP contribution is 2.23. The summed E-state index contributed by atoms with van der Waals surface area (Å²) in [5.41, 5.74) is 6.46. The third-order valence-electron chi connectivity index (χ3n) is 1.84. The zero-order valence-electron chi connectivity index (χ0n) is 7.81. The van der Waals surface area contributed by atoms with Crippen molar-refractivity contribution in [3.05, 3.63) is 42.0 Å². The molecule has 1 aromatic carbocycles. The molecule has 0 saturated carbocycles. The van der Waals surface area contributed by atoms with Gasteiger partial charge in [0.25, 0.3) is 5.22 Å². The number of anilines is 1. The van der Waals surface area contributed by atoms with E-state index in [2.05, 4.69) is 4.98 Å². The van der Waals surface area contributed by atoms with E-state index in [4.69, 9.17) is 10.2 Å². The van der Waals surface area contributed by atoms with E-state index in [1.54, 1.807) is 18.3 Å². The molecular weight excluding hydrogens is 215 g/mol. The highest BCUT2D eigenvalue weighted by molar-refractivity contribution is 7.98. The van der Waals surface area contributed by atoms with Crippen molar-refractivity contribution in [2.24, 2.45) is 0 Å². The molecule has 0 amide bonds. The fourth-order valence-electron chi connectivity index (χ4n) is 1.10. The number of nitrogens with two attached hydrogens (primary N) is 1. The van der Waals surface area contributed by atoms with Crippen LogP contribution in [0.15, 0.2) is 40.3 Å². The third-order valence-corrected chi connectivity index (χ3v) is 2.74. The van der Waals surface area contributed by atoms with Gasteiger partial charge in [-0.1, -0.05) is 17.8 Å². The Morgan fingerprint density at radius 2 is 2.33 bits per heavy atom. The minimum atomic E-state index is -0.297. The van der Waals surface area contributed by atoms with Crippen LogP contribution in [-0.4, -0.2) is 4.98 Å². The molecule has 78 valence electrons. The van der Waals surface area contributed by atoms with Crippen molar-refractivity contribution in [2.75, 3.05) is 5.73 Å². The smallest absolute Gasteiger partial charge is 0.255 e. The zero-order chi connectivity index (χ0) is 10.7. The van der Waals surface area contributed by atoms with Gasteiger partial charge in [0.15, 0.2) is 0 Å². The van der Waals surface area contributed by atoms with Gasteiger partial charge in [-0.25, -0.2) is 9.37 Å². The largest absolute Gasteiger partial charge is 0.440 e. The summed E-state index contributed by atoms with van der Waals surface area (Å²) < 4.78 is 18.4. The summed E-state index contributed by atoms with van der Waals surface area (Å²) >= 11 is 1.34. The second-order valence-electron chi connectivity index (χ2n) is 2.94. The Balaban J connectivity index is 2.05. The van der Waals surface area contributed by atoms with E-state index in [1.165, 1.54) is 24.1 Å². The lowest BCUT2D eigenvalue weighted by Crippen LogP contribution is -1.91. The summed E-state index contributed by atoms with van der Waals surface area (Å²) in [6.45, 7) is 0. The Bertz CT molecular complexity index is 445. The zero-order valence-corrected chi connectivity index (χ0v) is 8.63. The van der Waals surface area contributed by atoms with Gasteiger partial charge in [0.05, 0.1) is 6.20 Å². The van der Waals surface area contributed by atoms with Gasteiger partial charge in [0, 0.05) is 11.4 Å². The molecule has 0 radical (unpaired) electrons. The molecule has 0 fully saturated rings. The number of nitrogens with zero attached hydrogens (tertiary/aromatic N) is 1. The Kier molecular flexibility index (Phi) is 2.91. The average molecular weight is 224 g/mol. The van der Waals surface area contributed by atoms with E-state index < -0.39 is 0 Å². The fraction of sp³-hybridized carbons (Fsp3) is 0.100. The molecule has 2 aromatic rings. The third kappa shape index (κ3) is 2.50. The number of aromatic nitrogens is 1. The van der Waals surface area contributed by atoms with Crippen molar-refractivity contribution in [3.63, 3.8) is 0 Å². The lowest BCUT2D eigenvalue weighted by molar-refractivity contribution is 0.454. The molecule has 0 atom stereocenters. The minimum absolute atomic E-state index is 0.297. The maximum absolute atomic E-state index is 13.3. The van der Waals surface area contributed by atoms with E-state index in [9.17, 15) is 4.39 Å². The predicted octanol–water partition coefficient (Wildman–Crippen LogP) is 2.69. The van der Waals surface area contributed by atoms with Crippen molar-refractivity contribution in [1.29, 1.82) is 0 Å². The molecule has 0 aliphatic rings. The van der Waals surface area contributed by atoms with Crippen LogP contribution < -0.4 is 5.73 Å². The molecule has 1 heterocycles. The predicted molar refractivity (Wildman–Crippen MR) is 56.9 cm³/mol. The number of hydrogen-bond acceptors (Lipinski definition) is 4. The molecular formula is C10H9FN2OS. The van der Waals surface area contributed by atoms with Gasteiger partial charge >= 0.3 is 0 Å². The molecule has 0 aliphatic heterocycles. The maximum Gasteiger partial charge on any atom is 0.255 e. The number of nitrogen functional groups attached to an aromatic ring is 1. The number of oxazole rings is 1. The maximum atomic E-state index is 13.3. The number of hydrogen-bond donors (Lipinski definition) is 1. The summed E-state index contributed by atoms with van der Waals surface area (Å²) in [5, 5.41) is 0.534. The molecule has 0 aliphatic carbocycles. The monoisotopic (exact) mass is 224 g/mol. The Morgan fingerprint density at radius 3 is 3.00 bits per heavy atom. The standard InChI is InChI=1S/C10H9FN2OS/c11-9-5-8(12)2-1-7(9)6-15-10-13-3-4-14-10/h1-5H,6,12H2. The Morgan fingerprint density at radius 1 is 1.47 bits per heavy atom. The van der Waals surface area contributed by atoms with Crippen LogP contribution in [0, 0.1) is 5.82 Å². The highest BCUT2D eigenvalue weighted by Gasteiger charge is 2.05. The number of halogens is 1. The van der Waals surface area contributed by atoms with Crippen LogP contribution in [0.25, 0.3) is 0 Å². The molecule has 0 saturated heterocycles. The second-order valence-corrected chi connectivity index (χ2v) is 3.86. The normalized spacial score (nSPS) is 10.5. The molecule has 1 aromatic heterocycles. The van der Waals surface area contributed by atoms with E-state index >= 15 is 0 Å². The number of benzene rings is 1. The van der Waals surface area contributed by atoms with Gasteiger partial charge in [-0.3, -0.25) is 0 Å². The summed E-state index contributed by atoms with van der Waals surface area (Å²) in [5.74, 6) is 0.182. The van der Waals surface area contributed by atoms with Gasteiger partial charge in [-0.05, 0) is 17.7 Å². The lowest BCUT2D eigenvalue weighted by atomic mass is 10.2. The van der Waals surface area contributed by atoms with Gasteiger partial charge in [-0.2, -0.15) is 0 Å². The minimum Gasteiger partial charge on any atom is -0.440 e. The number of rotatable bonds is 3. The molecule has 15 heavy (non-hydrogen) atoms. The first-order chi connectivity index (χ1) is 7.25. The first kappa shape index (κ1) is 10.0. The molecule has 0 spiro atoms. The van der Waals surface area contributed by atoms with E-state index in [0.29, 0.717) is 22.2 Å². The molecule has 3 nitrogen and oxygen atoms in total. The Hall–Kier alpha value is -1.49. The SMILES string of the molecule is Nc1ccc(CSc2ncco2)c(F)c1. The van der Waals surface area contributed by atoms with E-state index in [0.717, 1.165) is 0 Å². The van der Waals surface area contributed by atoms with Gasteiger partial charge in [0.2, 0.25) is 0 Å². The lowest BCUT2D eigenvalue weighted by Gasteiger charge is -2.01. The van der Waals surface area contributed by atoms with Crippen molar-refractivity contribution in [1.82, 2.24) is 4.98 Å². The van der Waals surface area contributed by atoms with Crippen LogP contribution in [0.5, 0.6) is 0 Å². The summed E-state index contributed by atoms with van der Waals surface area (Å²) in [7, 11) is 0. The van der Waals surface area contributed by atoms with Crippen molar-refractivity contribution >= 4 is 17.4 Å². The van der Waals surface area contributed by atoms with Crippen LogP contribution in [-0.2, 0) is 5.75 Å². The molecule has 2 rings (SSSR count). The average Bonchev–Trinajstić information content (AvgIpc) is 2.69. The second kappa shape index (κ2) is 4.35. The number of thioether (sulfide) groups is 1. The molecule has 0 bridgehead atoms. The fourth-order valence-corrected chi connectivity index (χ4v) is 1.87. The Labute approximate surface area is 90.5 Å². The first-order valence-corrected chi connectivity index (χ1v) is 5.30. The van der Waals surface area contributed by atoms with Crippen molar-refractivity contribution < 1.29 is 8.81 Å². The van der Waals surface area contributed by atoms with E-state index in [-0.39, 0.29) is 5.82 Å². The summed E-state index contributed by atoms with van der Waals surface area (Å²) in [6, 6.07) is 4.65. The highest BCUT2D eigenvalue weighted by atomic mass is 32.2. The van der Waals surface area contributed by atoms with Crippen molar-refractivity contribution in [3.8, 4) is 0 Å². The molecule has 5 heteroatoms. The van der Waals surface area contributed by atoms with Gasteiger partial charge < -0.3 is 10.2 Å². The van der Waals surface area contributed by atoms with Crippen LogP contribution in [0.1, 0.15) is 5.56 Å². The molecule has 2 N–H and O–H groups in total. The molecule has 0 unspecified atom stereocenters.